The Morgan fingerprint density at radius 3 is 2.38 bits per heavy atom. The van der Waals surface area contributed by atoms with Crippen molar-refractivity contribution < 1.29 is 4.39 Å². The van der Waals surface area contributed by atoms with E-state index in [1.165, 1.54) is 28.8 Å². The zero-order valence-electron chi connectivity index (χ0n) is 18.4. The number of halogens is 1. The monoisotopic (exact) mass is 427 g/mol. The fourth-order valence-corrected chi connectivity index (χ4v) is 4.33. The number of hydrogen-bond acceptors (Lipinski definition) is 5. The van der Waals surface area contributed by atoms with Gasteiger partial charge in [-0.25, -0.2) is 14.4 Å². The maximum absolute atomic E-state index is 13.2. The minimum atomic E-state index is -0.219. The van der Waals surface area contributed by atoms with Gasteiger partial charge in [0.2, 0.25) is 5.95 Å². The molecule has 0 spiro atoms. The van der Waals surface area contributed by atoms with Gasteiger partial charge >= 0.3 is 0 Å². The Morgan fingerprint density at radius 2 is 1.59 bits per heavy atom. The van der Waals surface area contributed by atoms with Crippen LogP contribution in [0.5, 0.6) is 0 Å². The summed E-state index contributed by atoms with van der Waals surface area (Å²) in [5.74, 6) is 0.556. The third-order valence-electron chi connectivity index (χ3n) is 5.97. The van der Waals surface area contributed by atoms with Crippen molar-refractivity contribution in [2.45, 2.75) is 20.3 Å². The number of aryl methyl sites for hydroxylation is 2. The highest BCUT2D eigenvalue weighted by molar-refractivity contribution is 5.92. The molecule has 1 aliphatic heterocycles. The number of rotatable bonds is 4. The number of fused-ring (bicyclic) bond motifs is 1. The third kappa shape index (κ3) is 4.26. The number of anilines is 2. The lowest BCUT2D eigenvalue weighted by Gasteiger charge is -2.36. The summed E-state index contributed by atoms with van der Waals surface area (Å²) in [5, 5.41) is 1.19. The van der Waals surface area contributed by atoms with Crippen LogP contribution in [-0.2, 0) is 6.42 Å². The maximum Gasteiger partial charge on any atom is 0.225 e. The van der Waals surface area contributed by atoms with Crippen LogP contribution in [0, 0.1) is 19.7 Å². The van der Waals surface area contributed by atoms with Crippen LogP contribution in [0.3, 0.4) is 0 Å². The smallest absolute Gasteiger partial charge is 0.225 e. The SMILES string of the molecule is Cc1ccc2c(N3CCN(c4nc(C)cc(Cc5ccc(F)cc5)n4)CC3)ccnc2c1. The van der Waals surface area contributed by atoms with Crippen molar-refractivity contribution in [2.75, 3.05) is 36.0 Å². The first-order valence-electron chi connectivity index (χ1n) is 11.0. The molecule has 4 aromatic rings. The van der Waals surface area contributed by atoms with Crippen LogP contribution < -0.4 is 9.80 Å². The van der Waals surface area contributed by atoms with Crippen molar-refractivity contribution in [2.24, 2.45) is 0 Å². The number of pyridine rings is 1. The van der Waals surface area contributed by atoms with Gasteiger partial charge in [0.05, 0.1) is 11.2 Å². The van der Waals surface area contributed by atoms with Crippen LogP contribution in [0.2, 0.25) is 0 Å². The molecule has 3 heterocycles. The molecule has 0 amide bonds. The second kappa shape index (κ2) is 8.54. The molecule has 0 unspecified atom stereocenters. The quantitative estimate of drug-likeness (QED) is 0.472. The molecule has 162 valence electrons. The zero-order chi connectivity index (χ0) is 22.1. The fourth-order valence-electron chi connectivity index (χ4n) is 4.33. The predicted octanol–water partition coefficient (Wildman–Crippen LogP) is 4.70. The van der Waals surface area contributed by atoms with Crippen molar-refractivity contribution in [1.82, 2.24) is 15.0 Å². The van der Waals surface area contributed by atoms with E-state index >= 15 is 0 Å². The minimum absolute atomic E-state index is 0.219. The molecule has 0 radical (unpaired) electrons. The second-order valence-electron chi connectivity index (χ2n) is 8.43. The van der Waals surface area contributed by atoms with Gasteiger partial charge in [-0.15, -0.1) is 0 Å². The lowest BCUT2D eigenvalue weighted by molar-refractivity contribution is 0.627. The molecule has 2 aromatic heterocycles. The van der Waals surface area contributed by atoms with E-state index in [-0.39, 0.29) is 5.82 Å². The standard InChI is InChI=1S/C26H26FN5/c1-18-3-8-23-24(15-18)28-10-9-25(23)31-11-13-32(14-12-31)26-29-19(2)16-22(30-26)17-20-4-6-21(27)7-5-20/h3-10,15-16H,11-14,17H2,1-2H3. The molecule has 0 saturated carbocycles. The van der Waals surface area contributed by atoms with Crippen molar-refractivity contribution in [3.63, 3.8) is 0 Å². The molecule has 0 N–H and O–H groups in total. The van der Waals surface area contributed by atoms with E-state index in [4.69, 9.17) is 9.97 Å². The summed E-state index contributed by atoms with van der Waals surface area (Å²) in [5.41, 5.74) is 6.44. The fraction of sp³-hybridized carbons (Fsp3) is 0.269. The molecule has 0 atom stereocenters. The highest BCUT2D eigenvalue weighted by atomic mass is 19.1. The number of aromatic nitrogens is 3. The molecule has 6 heteroatoms. The van der Waals surface area contributed by atoms with Gasteiger partial charge in [0.15, 0.2) is 0 Å². The molecule has 1 fully saturated rings. The van der Waals surface area contributed by atoms with Gasteiger partial charge < -0.3 is 9.80 Å². The van der Waals surface area contributed by atoms with Gasteiger partial charge in [-0.2, -0.15) is 0 Å². The van der Waals surface area contributed by atoms with Crippen LogP contribution in [0.25, 0.3) is 10.9 Å². The van der Waals surface area contributed by atoms with Crippen LogP contribution in [-0.4, -0.2) is 41.1 Å². The summed E-state index contributed by atoms with van der Waals surface area (Å²) in [6.45, 7) is 7.61. The zero-order valence-corrected chi connectivity index (χ0v) is 18.4. The maximum atomic E-state index is 13.2. The molecule has 0 bridgehead atoms. The van der Waals surface area contributed by atoms with Gasteiger partial charge in [-0.1, -0.05) is 24.3 Å². The lowest BCUT2D eigenvalue weighted by atomic mass is 10.1. The predicted molar refractivity (Wildman–Crippen MR) is 127 cm³/mol. The highest BCUT2D eigenvalue weighted by Crippen LogP contribution is 2.27. The molecule has 32 heavy (non-hydrogen) atoms. The first-order chi connectivity index (χ1) is 15.5. The van der Waals surface area contributed by atoms with Gasteiger partial charge in [0.25, 0.3) is 0 Å². The van der Waals surface area contributed by atoms with Crippen molar-refractivity contribution in [3.8, 4) is 0 Å². The summed E-state index contributed by atoms with van der Waals surface area (Å²) < 4.78 is 13.2. The largest absolute Gasteiger partial charge is 0.367 e. The molecule has 1 saturated heterocycles. The van der Waals surface area contributed by atoms with E-state index in [9.17, 15) is 4.39 Å². The third-order valence-corrected chi connectivity index (χ3v) is 5.97. The molecular weight excluding hydrogens is 401 g/mol. The number of piperazine rings is 1. The number of nitrogens with zero attached hydrogens (tertiary/aromatic N) is 5. The molecular formula is C26H26FN5. The van der Waals surface area contributed by atoms with E-state index in [0.717, 1.165) is 54.6 Å². The Morgan fingerprint density at radius 1 is 0.844 bits per heavy atom. The summed E-state index contributed by atoms with van der Waals surface area (Å²) in [6, 6.07) is 17.2. The lowest BCUT2D eigenvalue weighted by Crippen LogP contribution is -2.47. The van der Waals surface area contributed by atoms with Gasteiger partial charge in [0, 0.05) is 55.6 Å². The van der Waals surface area contributed by atoms with Crippen LogP contribution in [0.4, 0.5) is 16.0 Å². The minimum Gasteiger partial charge on any atom is -0.367 e. The molecule has 0 aliphatic carbocycles. The van der Waals surface area contributed by atoms with Crippen molar-refractivity contribution in [3.05, 3.63) is 89.1 Å². The molecule has 5 nitrogen and oxygen atoms in total. The normalized spacial score (nSPS) is 14.2. The molecule has 2 aromatic carbocycles. The highest BCUT2D eigenvalue weighted by Gasteiger charge is 2.21. The number of benzene rings is 2. The summed E-state index contributed by atoms with van der Waals surface area (Å²) >= 11 is 0. The van der Waals surface area contributed by atoms with Crippen LogP contribution in [0.15, 0.2) is 60.8 Å². The Kier molecular flexibility index (Phi) is 5.43. The molecule has 1 aliphatic rings. The van der Waals surface area contributed by atoms with Gasteiger partial charge in [-0.05, 0) is 55.3 Å². The van der Waals surface area contributed by atoms with E-state index in [2.05, 4.69) is 46.0 Å². The average molecular weight is 428 g/mol. The summed E-state index contributed by atoms with van der Waals surface area (Å²) in [7, 11) is 0. The van der Waals surface area contributed by atoms with Crippen molar-refractivity contribution in [1.29, 1.82) is 0 Å². The van der Waals surface area contributed by atoms with Crippen LogP contribution >= 0.6 is 0 Å². The van der Waals surface area contributed by atoms with Gasteiger partial charge in [0.1, 0.15) is 5.82 Å². The summed E-state index contributed by atoms with van der Waals surface area (Å²) in [6.07, 6.45) is 2.56. The number of hydrogen-bond donors (Lipinski definition) is 0. The van der Waals surface area contributed by atoms with Gasteiger partial charge in [-0.3, -0.25) is 4.98 Å². The second-order valence-corrected chi connectivity index (χ2v) is 8.43. The van der Waals surface area contributed by atoms with Crippen molar-refractivity contribution >= 4 is 22.5 Å². The van der Waals surface area contributed by atoms with E-state index in [1.54, 1.807) is 0 Å². The van der Waals surface area contributed by atoms with E-state index < -0.39 is 0 Å². The first-order valence-corrected chi connectivity index (χ1v) is 11.0. The Hall–Kier alpha value is -3.54. The Balaban J connectivity index is 1.32. The average Bonchev–Trinajstić information content (AvgIpc) is 2.80. The Bertz CT molecular complexity index is 1250. The first kappa shape index (κ1) is 20.4. The van der Waals surface area contributed by atoms with Crippen LogP contribution in [0.1, 0.15) is 22.5 Å². The van der Waals surface area contributed by atoms with E-state index in [0.29, 0.717) is 6.42 Å². The summed E-state index contributed by atoms with van der Waals surface area (Å²) in [4.78, 5) is 18.7. The van der Waals surface area contributed by atoms with E-state index in [1.807, 2.05) is 31.3 Å². The molecule has 5 rings (SSSR count). The Labute approximate surface area is 187 Å². The topological polar surface area (TPSA) is 45.2 Å².